The Kier molecular flexibility index (Phi) is 6.00. The highest BCUT2D eigenvalue weighted by Crippen LogP contribution is 2.27. The zero-order valence-electron chi connectivity index (χ0n) is 18.8. The second-order valence-electron chi connectivity index (χ2n) is 8.23. The van der Waals surface area contributed by atoms with Crippen molar-refractivity contribution >= 4 is 38.2 Å². The average molecular weight is 493 g/mol. The zero-order chi connectivity index (χ0) is 24.4. The third-order valence-electron chi connectivity index (χ3n) is 6.04. The molecule has 0 aliphatic carbocycles. The quantitative estimate of drug-likeness (QED) is 0.424. The highest BCUT2D eigenvalue weighted by molar-refractivity contribution is 7.92. The summed E-state index contributed by atoms with van der Waals surface area (Å²) in [4.78, 5) is 24.5. The van der Waals surface area contributed by atoms with Crippen molar-refractivity contribution in [2.75, 3.05) is 35.8 Å². The maximum Gasteiger partial charge on any atom is 0.263 e. The van der Waals surface area contributed by atoms with Gasteiger partial charge in [0.05, 0.1) is 4.90 Å². The van der Waals surface area contributed by atoms with Crippen molar-refractivity contribution in [1.29, 1.82) is 0 Å². The lowest BCUT2D eigenvalue weighted by Gasteiger charge is -2.36. The highest BCUT2D eigenvalue weighted by atomic mass is 32.2. The van der Waals surface area contributed by atoms with Crippen molar-refractivity contribution in [3.8, 4) is 5.88 Å². The van der Waals surface area contributed by atoms with Crippen LogP contribution < -0.4 is 9.62 Å². The molecule has 35 heavy (non-hydrogen) atoms. The topological polar surface area (TPSA) is 121 Å². The Morgan fingerprint density at radius 1 is 1.00 bits per heavy atom. The number of piperazine rings is 1. The van der Waals surface area contributed by atoms with Crippen molar-refractivity contribution in [3.05, 3.63) is 73.3 Å². The SMILES string of the molecule is O=C(Cn1cc2ccccc2c1O)N1CCN(c2ccc(S(=O)(=O)Nc3ccncn3)cc2)CC1. The van der Waals surface area contributed by atoms with Crippen molar-refractivity contribution in [1.82, 2.24) is 19.4 Å². The van der Waals surface area contributed by atoms with Gasteiger partial charge in [-0.1, -0.05) is 18.2 Å². The van der Waals surface area contributed by atoms with Crippen LogP contribution in [0, 0.1) is 0 Å². The van der Waals surface area contributed by atoms with Gasteiger partial charge in [0.2, 0.25) is 5.91 Å². The highest BCUT2D eigenvalue weighted by Gasteiger charge is 2.23. The summed E-state index contributed by atoms with van der Waals surface area (Å²) in [7, 11) is -3.76. The maximum atomic E-state index is 12.8. The van der Waals surface area contributed by atoms with Gasteiger partial charge in [0.25, 0.3) is 10.0 Å². The third kappa shape index (κ3) is 4.76. The second kappa shape index (κ2) is 9.26. The number of aromatic hydroxyl groups is 1. The van der Waals surface area contributed by atoms with E-state index in [1.807, 2.05) is 24.3 Å². The molecule has 1 amide bonds. The molecule has 5 rings (SSSR count). The smallest absolute Gasteiger partial charge is 0.263 e. The van der Waals surface area contributed by atoms with Crippen molar-refractivity contribution in [2.45, 2.75) is 11.4 Å². The summed E-state index contributed by atoms with van der Waals surface area (Å²) in [5.41, 5.74) is 0.882. The van der Waals surface area contributed by atoms with Gasteiger partial charge in [0.15, 0.2) is 5.88 Å². The molecule has 11 heteroatoms. The predicted molar refractivity (Wildman–Crippen MR) is 132 cm³/mol. The lowest BCUT2D eigenvalue weighted by molar-refractivity contribution is -0.132. The summed E-state index contributed by atoms with van der Waals surface area (Å²) < 4.78 is 29.2. The minimum Gasteiger partial charge on any atom is -0.494 e. The van der Waals surface area contributed by atoms with Crippen molar-refractivity contribution in [3.63, 3.8) is 0 Å². The molecule has 3 heterocycles. The fourth-order valence-electron chi connectivity index (χ4n) is 4.16. The van der Waals surface area contributed by atoms with Gasteiger partial charge in [-0.15, -0.1) is 0 Å². The molecule has 0 bridgehead atoms. The van der Waals surface area contributed by atoms with Crippen LogP contribution in [-0.4, -0.2) is 65.0 Å². The number of benzene rings is 2. The molecule has 1 aliphatic heterocycles. The monoisotopic (exact) mass is 492 g/mol. The Hall–Kier alpha value is -4.12. The van der Waals surface area contributed by atoms with E-state index < -0.39 is 10.0 Å². The van der Waals surface area contributed by atoms with Gasteiger partial charge in [-0.3, -0.25) is 9.52 Å². The van der Waals surface area contributed by atoms with E-state index in [1.165, 1.54) is 18.6 Å². The summed E-state index contributed by atoms with van der Waals surface area (Å²) >= 11 is 0. The van der Waals surface area contributed by atoms with Crippen LogP contribution in [0.15, 0.2) is 78.2 Å². The van der Waals surface area contributed by atoms with Crippen molar-refractivity contribution < 1.29 is 18.3 Å². The van der Waals surface area contributed by atoms with Gasteiger partial charge in [-0.25, -0.2) is 18.4 Å². The van der Waals surface area contributed by atoms with E-state index in [1.54, 1.807) is 39.9 Å². The number of rotatable bonds is 6. The van der Waals surface area contributed by atoms with Crippen LogP contribution in [-0.2, 0) is 21.4 Å². The number of fused-ring (bicyclic) bond motifs is 1. The first-order chi connectivity index (χ1) is 16.9. The van der Waals surface area contributed by atoms with Gasteiger partial charge in [-0.05, 0) is 36.4 Å². The molecule has 1 fully saturated rings. The summed E-state index contributed by atoms with van der Waals surface area (Å²) in [6, 6.07) is 15.6. The number of nitrogens with one attached hydrogen (secondary N) is 1. The number of nitrogens with zero attached hydrogens (tertiary/aromatic N) is 5. The molecule has 2 aromatic heterocycles. The zero-order valence-corrected chi connectivity index (χ0v) is 19.6. The molecule has 180 valence electrons. The maximum absolute atomic E-state index is 12.8. The normalized spacial score (nSPS) is 14.3. The summed E-state index contributed by atoms with van der Waals surface area (Å²) in [5.74, 6) is 0.237. The van der Waals surface area contributed by atoms with Crippen LogP contribution >= 0.6 is 0 Å². The Balaban J connectivity index is 1.19. The largest absolute Gasteiger partial charge is 0.494 e. The molecule has 1 aliphatic rings. The van der Waals surface area contributed by atoms with E-state index in [-0.39, 0.29) is 29.0 Å². The molecule has 0 spiro atoms. The van der Waals surface area contributed by atoms with E-state index in [0.29, 0.717) is 26.2 Å². The van der Waals surface area contributed by atoms with E-state index >= 15 is 0 Å². The minimum atomic E-state index is -3.76. The fourth-order valence-corrected chi connectivity index (χ4v) is 5.17. The average Bonchev–Trinajstić information content (AvgIpc) is 3.19. The molecule has 0 radical (unpaired) electrons. The van der Waals surface area contributed by atoms with Crippen LogP contribution in [0.3, 0.4) is 0 Å². The van der Waals surface area contributed by atoms with Gasteiger partial charge < -0.3 is 19.5 Å². The lowest BCUT2D eigenvalue weighted by atomic mass is 10.2. The van der Waals surface area contributed by atoms with Crippen molar-refractivity contribution in [2.24, 2.45) is 0 Å². The Bertz CT molecular complexity index is 1450. The molecule has 0 atom stereocenters. The van der Waals surface area contributed by atoms with E-state index in [9.17, 15) is 18.3 Å². The first kappa shape index (κ1) is 22.7. The molecule has 0 unspecified atom stereocenters. The van der Waals surface area contributed by atoms with Crippen LogP contribution in [0.4, 0.5) is 11.5 Å². The number of amides is 1. The molecule has 2 aromatic carbocycles. The molecule has 2 N–H and O–H groups in total. The summed E-state index contributed by atoms with van der Waals surface area (Å²) in [5, 5.41) is 12.0. The number of aromatic nitrogens is 3. The van der Waals surface area contributed by atoms with Gasteiger partial charge >= 0.3 is 0 Å². The van der Waals surface area contributed by atoms with Crippen LogP contribution in [0.1, 0.15) is 0 Å². The Morgan fingerprint density at radius 2 is 1.74 bits per heavy atom. The van der Waals surface area contributed by atoms with E-state index in [4.69, 9.17) is 0 Å². The molecule has 0 saturated carbocycles. The first-order valence-corrected chi connectivity index (χ1v) is 12.6. The van der Waals surface area contributed by atoms with Gasteiger partial charge in [-0.2, -0.15) is 0 Å². The predicted octanol–water partition coefficient (Wildman–Crippen LogP) is 2.29. The Morgan fingerprint density at radius 3 is 2.43 bits per heavy atom. The van der Waals surface area contributed by atoms with Crippen LogP contribution in [0.25, 0.3) is 10.8 Å². The summed E-state index contributed by atoms with van der Waals surface area (Å²) in [6.07, 6.45) is 4.52. The fraction of sp³-hybridized carbons (Fsp3) is 0.208. The Labute approximate surface area is 202 Å². The first-order valence-electron chi connectivity index (χ1n) is 11.1. The number of hydrogen-bond acceptors (Lipinski definition) is 7. The number of sulfonamides is 1. The number of carbonyl (C=O) groups excluding carboxylic acids is 1. The number of carbonyl (C=O) groups is 1. The van der Waals surface area contributed by atoms with Gasteiger partial charge in [0, 0.05) is 55.0 Å². The van der Waals surface area contributed by atoms with Gasteiger partial charge in [0.1, 0.15) is 18.7 Å². The molecule has 1 saturated heterocycles. The number of hydrogen-bond donors (Lipinski definition) is 2. The molecular weight excluding hydrogens is 468 g/mol. The lowest BCUT2D eigenvalue weighted by Crippen LogP contribution is -2.49. The molecule has 10 nitrogen and oxygen atoms in total. The number of anilines is 2. The molecular formula is C24H24N6O4S. The standard InChI is InChI=1S/C24H24N6O4S/c31-23(16-30-15-18-3-1-2-4-21(18)24(30)32)29-13-11-28(12-14-29)19-5-7-20(8-6-19)35(33,34)27-22-9-10-25-17-26-22/h1-10,15,17,32H,11-14,16H2,(H,25,26,27). The summed E-state index contributed by atoms with van der Waals surface area (Å²) in [6.45, 7) is 2.39. The second-order valence-corrected chi connectivity index (χ2v) is 9.91. The minimum absolute atomic E-state index is 0.0579. The third-order valence-corrected chi connectivity index (χ3v) is 7.41. The molecule has 4 aromatic rings. The van der Waals surface area contributed by atoms with E-state index in [0.717, 1.165) is 16.5 Å². The van der Waals surface area contributed by atoms with Crippen LogP contribution in [0.2, 0.25) is 0 Å². The van der Waals surface area contributed by atoms with E-state index in [2.05, 4.69) is 19.6 Å². The van der Waals surface area contributed by atoms with Crippen LogP contribution in [0.5, 0.6) is 5.88 Å².